The Morgan fingerprint density at radius 3 is 2.87 bits per heavy atom. The number of aryl methyl sites for hydroxylation is 1. The van der Waals surface area contributed by atoms with Crippen LogP contribution in [0.25, 0.3) is 16.8 Å². The number of rotatable bonds is 4. The number of nitrogens with two attached hydrogens (primary N) is 1. The van der Waals surface area contributed by atoms with Crippen LogP contribution in [0.1, 0.15) is 5.56 Å². The molecule has 116 valence electrons. The first kappa shape index (κ1) is 14.7. The van der Waals surface area contributed by atoms with Crippen molar-refractivity contribution >= 4 is 29.3 Å². The number of nitrogen functional groups attached to an aromatic ring is 1. The second-order valence-electron chi connectivity index (χ2n) is 4.94. The predicted octanol–water partition coefficient (Wildman–Crippen LogP) is 2.61. The summed E-state index contributed by atoms with van der Waals surface area (Å²) in [5, 5.41) is 7.24. The SMILES string of the molecule is C=C/C=N\c1nc(-c2ccn3nc(N)nc(NC)c23)ccc1C. The number of fused-ring (bicyclic) bond motifs is 1. The number of allylic oxidation sites excluding steroid dienone is 1. The first-order chi connectivity index (χ1) is 11.1. The minimum atomic E-state index is 0.206. The molecule has 3 aromatic heterocycles. The summed E-state index contributed by atoms with van der Waals surface area (Å²) in [5.74, 6) is 1.51. The molecule has 0 amide bonds. The van der Waals surface area contributed by atoms with Gasteiger partial charge in [-0.1, -0.05) is 18.7 Å². The highest BCUT2D eigenvalue weighted by Gasteiger charge is 2.14. The summed E-state index contributed by atoms with van der Waals surface area (Å²) in [6.07, 6.45) is 5.08. The van der Waals surface area contributed by atoms with Crippen LogP contribution < -0.4 is 11.1 Å². The summed E-state index contributed by atoms with van der Waals surface area (Å²) < 4.78 is 1.69. The largest absolute Gasteiger partial charge is 0.371 e. The van der Waals surface area contributed by atoms with Crippen molar-refractivity contribution in [3.05, 3.63) is 42.6 Å². The van der Waals surface area contributed by atoms with Gasteiger partial charge < -0.3 is 11.1 Å². The molecule has 0 aliphatic rings. The summed E-state index contributed by atoms with van der Waals surface area (Å²) in [5.41, 5.74) is 9.22. The average Bonchev–Trinajstić information content (AvgIpc) is 2.97. The van der Waals surface area contributed by atoms with E-state index in [0.29, 0.717) is 11.6 Å². The third-order valence-corrected chi connectivity index (χ3v) is 3.41. The molecular weight excluding hydrogens is 290 g/mol. The Morgan fingerprint density at radius 1 is 1.30 bits per heavy atom. The number of nitrogens with one attached hydrogen (secondary N) is 1. The molecule has 0 radical (unpaired) electrons. The van der Waals surface area contributed by atoms with Crippen molar-refractivity contribution in [1.82, 2.24) is 19.6 Å². The van der Waals surface area contributed by atoms with E-state index >= 15 is 0 Å². The second kappa shape index (κ2) is 5.88. The molecule has 0 saturated heterocycles. The number of anilines is 2. The third kappa shape index (κ3) is 2.64. The van der Waals surface area contributed by atoms with Crippen LogP contribution in [0.5, 0.6) is 0 Å². The predicted molar refractivity (Wildman–Crippen MR) is 93.3 cm³/mol. The molecule has 0 bridgehead atoms. The van der Waals surface area contributed by atoms with Gasteiger partial charge in [-0.15, -0.1) is 5.10 Å². The van der Waals surface area contributed by atoms with Crippen molar-refractivity contribution in [1.29, 1.82) is 0 Å². The molecule has 0 fully saturated rings. The molecule has 0 saturated carbocycles. The van der Waals surface area contributed by atoms with Gasteiger partial charge in [-0.05, 0) is 24.6 Å². The summed E-state index contributed by atoms with van der Waals surface area (Å²) in [7, 11) is 1.79. The Labute approximate surface area is 133 Å². The summed E-state index contributed by atoms with van der Waals surface area (Å²) in [6.45, 7) is 5.60. The van der Waals surface area contributed by atoms with Crippen molar-refractivity contribution in [2.75, 3.05) is 18.1 Å². The molecule has 3 aromatic rings. The molecule has 0 unspecified atom stereocenters. The zero-order valence-corrected chi connectivity index (χ0v) is 13.0. The fourth-order valence-corrected chi connectivity index (χ4v) is 2.34. The number of hydrogen-bond donors (Lipinski definition) is 2. The fraction of sp³-hybridized carbons (Fsp3) is 0.125. The first-order valence-corrected chi connectivity index (χ1v) is 7.09. The van der Waals surface area contributed by atoms with Gasteiger partial charge in [0, 0.05) is 25.0 Å². The van der Waals surface area contributed by atoms with Crippen molar-refractivity contribution in [2.24, 2.45) is 4.99 Å². The third-order valence-electron chi connectivity index (χ3n) is 3.41. The molecule has 0 aliphatic carbocycles. The van der Waals surface area contributed by atoms with Gasteiger partial charge in [-0.25, -0.2) is 14.5 Å². The van der Waals surface area contributed by atoms with Gasteiger partial charge >= 0.3 is 0 Å². The van der Waals surface area contributed by atoms with Crippen LogP contribution in [0.15, 0.2) is 42.0 Å². The van der Waals surface area contributed by atoms with Crippen molar-refractivity contribution < 1.29 is 0 Å². The van der Waals surface area contributed by atoms with Crippen molar-refractivity contribution in [3.63, 3.8) is 0 Å². The maximum atomic E-state index is 5.72. The van der Waals surface area contributed by atoms with Crippen LogP contribution in [-0.4, -0.2) is 32.8 Å². The van der Waals surface area contributed by atoms with Gasteiger partial charge in [0.1, 0.15) is 5.52 Å². The van der Waals surface area contributed by atoms with Crippen LogP contribution >= 0.6 is 0 Å². The van der Waals surface area contributed by atoms with Crippen LogP contribution in [0.2, 0.25) is 0 Å². The molecule has 3 N–H and O–H groups in total. The standard InChI is InChI=1S/C16H17N7/c1-4-8-19-14-10(2)5-6-12(20-14)11-7-9-23-13(11)15(18-3)21-16(17)22-23/h4-9H,1H2,2-3H3,(H3,17,18,21,22)/b19-8-. The Morgan fingerprint density at radius 2 is 2.13 bits per heavy atom. The Bertz CT molecular complexity index is 908. The second-order valence-corrected chi connectivity index (χ2v) is 4.94. The summed E-state index contributed by atoms with van der Waals surface area (Å²) >= 11 is 0. The minimum Gasteiger partial charge on any atom is -0.371 e. The Kier molecular flexibility index (Phi) is 3.76. The van der Waals surface area contributed by atoms with Crippen LogP contribution in [0.4, 0.5) is 17.6 Å². The van der Waals surface area contributed by atoms with E-state index < -0.39 is 0 Å². The smallest absolute Gasteiger partial charge is 0.240 e. The lowest BCUT2D eigenvalue weighted by molar-refractivity contribution is 0.919. The van der Waals surface area contributed by atoms with E-state index in [4.69, 9.17) is 5.73 Å². The number of aromatic nitrogens is 4. The maximum Gasteiger partial charge on any atom is 0.240 e. The molecule has 0 atom stereocenters. The van der Waals surface area contributed by atoms with Crippen molar-refractivity contribution in [2.45, 2.75) is 6.92 Å². The van der Waals surface area contributed by atoms with Crippen LogP contribution in [0, 0.1) is 6.92 Å². The first-order valence-electron chi connectivity index (χ1n) is 7.09. The monoisotopic (exact) mass is 307 g/mol. The lowest BCUT2D eigenvalue weighted by atomic mass is 10.1. The van der Waals surface area contributed by atoms with Gasteiger partial charge in [0.15, 0.2) is 11.6 Å². The number of nitrogens with zero attached hydrogens (tertiary/aromatic N) is 5. The summed E-state index contributed by atoms with van der Waals surface area (Å²) in [4.78, 5) is 13.2. The molecular formula is C16H17N7. The molecule has 0 spiro atoms. The van der Waals surface area contributed by atoms with E-state index in [9.17, 15) is 0 Å². The molecule has 7 nitrogen and oxygen atoms in total. The van der Waals surface area contributed by atoms with Crippen LogP contribution in [-0.2, 0) is 0 Å². The zero-order chi connectivity index (χ0) is 16.4. The van der Waals surface area contributed by atoms with E-state index in [-0.39, 0.29) is 5.95 Å². The van der Waals surface area contributed by atoms with Gasteiger partial charge in [0.05, 0.1) is 5.69 Å². The fourth-order valence-electron chi connectivity index (χ4n) is 2.34. The molecule has 0 aromatic carbocycles. The normalized spacial score (nSPS) is 11.2. The minimum absolute atomic E-state index is 0.206. The highest BCUT2D eigenvalue weighted by molar-refractivity contribution is 5.88. The highest BCUT2D eigenvalue weighted by atomic mass is 15.3. The zero-order valence-electron chi connectivity index (χ0n) is 13.0. The van der Waals surface area contributed by atoms with Crippen LogP contribution in [0.3, 0.4) is 0 Å². The van der Waals surface area contributed by atoms with E-state index in [1.807, 2.05) is 31.3 Å². The number of aliphatic imine (C=N–C) groups is 1. The van der Waals surface area contributed by atoms with Gasteiger partial charge in [-0.3, -0.25) is 0 Å². The lowest BCUT2D eigenvalue weighted by Crippen LogP contribution is -2.05. The molecule has 3 rings (SSSR count). The lowest BCUT2D eigenvalue weighted by Gasteiger charge is -2.07. The topological polar surface area (TPSA) is 93.5 Å². The van der Waals surface area contributed by atoms with E-state index in [1.165, 1.54) is 0 Å². The summed E-state index contributed by atoms with van der Waals surface area (Å²) in [6, 6.07) is 5.87. The van der Waals surface area contributed by atoms with E-state index in [1.54, 1.807) is 23.9 Å². The maximum absolute atomic E-state index is 5.72. The van der Waals surface area contributed by atoms with Gasteiger partial charge in [0.2, 0.25) is 5.95 Å². The highest BCUT2D eigenvalue weighted by Crippen LogP contribution is 2.30. The average molecular weight is 307 g/mol. The number of pyridine rings is 1. The molecule has 7 heteroatoms. The van der Waals surface area contributed by atoms with E-state index in [0.717, 1.165) is 22.3 Å². The molecule has 23 heavy (non-hydrogen) atoms. The molecule has 0 aliphatic heterocycles. The van der Waals surface area contributed by atoms with Gasteiger partial charge in [0.25, 0.3) is 0 Å². The molecule has 3 heterocycles. The number of hydrogen-bond acceptors (Lipinski definition) is 6. The van der Waals surface area contributed by atoms with Crippen molar-refractivity contribution in [3.8, 4) is 11.3 Å². The van der Waals surface area contributed by atoms with E-state index in [2.05, 4.69) is 32.0 Å². The Hall–Kier alpha value is -3.22. The Balaban J connectivity index is 2.21. The van der Waals surface area contributed by atoms with Gasteiger partial charge in [-0.2, -0.15) is 4.98 Å². The quantitative estimate of drug-likeness (QED) is 0.723.